The molecule has 5 nitrogen and oxygen atoms in total. The molecule has 0 spiro atoms. The van der Waals surface area contributed by atoms with Gasteiger partial charge in [0, 0.05) is 31.3 Å². The fourth-order valence-corrected chi connectivity index (χ4v) is 3.93. The Labute approximate surface area is 131 Å². The topological polar surface area (TPSA) is 67.4 Å². The first-order valence-corrected chi connectivity index (χ1v) is 8.90. The second-order valence-corrected chi connectivity index (χ2v) is 7.32. The number of sulfonamides is 1. The molecule has 21 heavy (non-hydrogen) atoms. The van der Waals surface area contributed by atoms with Crippen molar-refractivity contribution in [1.29, 1.82) is 0 Å². The van der Waals surface area contributed by atoms with Gasteiger partial charge in [-0.15, -0.1) is 0 Å². The van der Waals surface area contributed by atoms with Crippen molar-refractivity contribution in [2.75, 3.05) is 20.2 Å². The van der Waals surface area contributed by atoms with Crippen LogP contribution in [0.15, 0.2) is 29.2 Å². The molecule has 0 aromatic heterocycles. The van der Waals surface area contributed by atoms with Crippen molar-refractivity contribution in [1.82, 2.24) is 10.0 Å². The van der Waals surface area contributed by atoms with E-state index in [0.29, 0.717) is 24.2 Å². The standard InChI is InChI=1S/C14H21ClN2O3S/c1-20-14-7-3-6-13(14)16-8-9-17-21(18,19)12-5-2-4-11(15)10-12/h2,4-5,10,13-14,16-17H,3,6-9H2,1H3. The highest BCUT2D eigenvalue weighted by Gasteiger charge is 2.26. The summed E-state index contributed by atoms with van der Waals surface area (Å²) in [4.78, 5) is 0.186. The van der Waals surface area contributed by atoms with Crippen molar-refractivity contribution >= 4 is 21.6 Å². The average molecular weight is 333 g/mol. The number of nitrogens with one attached hydrogen (secondary N) is 2. The van der Waals surface area contributed by atoms with Crippen molar-refractivity contribution in [3.63, 3.8) is 0 Å². The third kappa shape index (κ3) is 4.66. The largest absolute Gasteiger partial charge is 0.380 e. The molecule has 2 N–H and O–H groups in total. The van der Waals surface area contributed by atoms with Crippen molar-refractivity contribution in [3.8, 4) is 0 Å². The summed E-state index contributed by atoms with van der Waals surface area (Å²) in [5, 5.41) is 3.75. The maximum atomic E-state index is 12.1. The Kier molecular flexibility index (Phi) is 6.01. The molecule has 2 unspecified atom stereocenters. The lowest BCUT2D eigenvalue weighted by Crippen LogP contribution is -2.41. The Balaban J connectivity index is 1.80. The number of hydrogen-bond donors (Lipinski definition) is 2. The molecule has 2 atom stereocenters. The molecule has 1 aliphatic rings. The SMILES string of the molecule is COC1CCCC1NCCNS(=O)(=O)c1cccc(Cl)c1. The first-order valence-electron chi connectivity index (χ1n) is 7.04. The van der Waals surface area contributed by atoms with Gasteiger partial charge in [0.15, 0.2) is 0 Å². The summed E-state index contributed by atoms with van der Waals surface area (Å²) in [6, 6.07) is 6.55. The maximum Gasteiger partial charge on any atom is 0.240 e. The van der Waals surface area contributed by atoms with Crippen LogP contribution >= 0.6 is 11.6 Å². The van der Waals surface area contributed by atoms with Crippen molar-refractivity contribution in [2.24, 2.45) is 0 Å². The molecule has 1 aromatic rings. The first-order chi connectivity index (χ1) is 10.0. The van der Waals surface area contributed by atoms with Crippen LogP contribution in [0.1, 0.15) is 19.3 Å². The van der Waals surface area contributed by atoms with Gasteiger partial charge in [0.2, 0.25) is 10.0 Å². The van der Waals surface area contributed by atoms with E-state index in [1.807, 2.05) is 0 Å². The van der Waals surface area contributed by atoms with Crippen LogP contribution in [-0.4, -0.2) is 40.8 Å². The normalized spacial score (nSPS) is 22.6. The Hall–Kier alpha value is -0.660. The van der Waals surface area contributed by atoms with Gasteiger partial charge in [0.1, 0.15) is 0 Å². The van der Waals surface area contributed by atoms with Gasteiger partial charge >= 0.3 is 0 Å². The molecule has 0 aliphatic heterocycles. The molecule has 1 aromatic carbocycles. The monoisotopic (exact) mass is 332 g/mol. The minimum atomic E-state index is -3.50. The van der Waals surface area contributed by atoms with Gasteiger partial charge in [0.05, 0.1) is 11.0 Å². The molecule has 2 rings (SSSR count). The number of rotatable bonds is 7. The Morgan fingerprint density at radius 1 is 1.33 bits per heavy atom. The molecular weight excluding hydrogens is 312 g/mol. The van der Waals surface area contributed by atoms with E-state index in [2.05, 4.69) is 10.0 Å². The summed E-state index contributed by atoms with van der Waals surface area (Å²) in [5.41, 5.74) is 0. The van der Waals surface area contributed by atoms with E-state index in [4.69, 9.17) is 16.3 Å². The number of methoxy groups -OCH3 is 1. The van der Waals surface area contributed by atoms with E-state index in [1.165, 1.54) is 12.1 Å². The number of ether oxygens (including phenoxy) is 1. The van der Waals surface area contributed by atoms with Gasteiger partial charge in [-0.2, -0.15) is 0 Å². The molecular formula is C14H21ClN2O3S. The predicted molar refractivity (Wildman–Crippen MR) is 83.1 cm³/mol. The fraction of sp³-hybridized carbons (Fsp3) is 0.571. The van der Waals surface area contributed by atoms with Gasteiger partial charge in [-0.1, -0.05) is 17.7 Å². The summed E-state index contributed by atoms with van der Waals surface area (Å²) in [6.07, 6.45) is 3.50. The summed E-state index contributed by atoms with van der Waals surface area (Å²) < 4.78 is 32.1. The predicted octanol–water partition coefficient (Wildman–Crippen LogP) is 1.78. The van der Waals surface area contributed by atoms with Gasteiger partial charge in [-0.25, -0.2) is 13.1 Å². The molecule has 0 amide bonds. The minimum Gasteiger partial charge on any atom is -0.380 e. The number of hydrogen-bond acceptors (Lipinski definition) is 4. The average Bonchev–Trinajstić information content (AvgIpc) is 2.91. The summed E-state index contributed by atoms with van der Waals surface area (Å²) in [5.74, 6) is 0. The van der Waals surface area contributed by atoms with Crippen LogP contribution in [0, 0.1) is 0 Å². The highest BCUT2D eigenvalue weighted by Crippen LogP contribution is 2.21. The van der Waals surface area contributed by atoms with Gasteiger partial charge < -0.3 is 10.1 Å². The Morgan fingerprint density at radius 2 is 2.14 bits per heavy atom. The zero-order chi connectivity index (χ0) is 15.3. The Bertz CT molecular complexity index is 565. The third-order valence-electron chi connectivity index (χ3n) is 3.69. The molecule has 1 fully saturated rings. The molecule has 0 saturated heterocycles. The number of halogens is 1. The highest BCUT2D eigenvalue weighted by atomic mass is 35.5. The second-order valence-electron chi connectivity index (χ2n) is 5.12. The summed E-state index contributed by atoms with van der Waals surface area (Å²) in [7, 11) is -1.79. The van der Waals surface area contributed by atoms with E-state index >= 15 is 0 Å². The second kappa shape index (κ2) is 7.56. The van der Waals surface area contributed by atoms with Gasteiger partial charge in [0.25, 0.3) is 0 Å². The zero-order valence-corrected chi connectivity index (χ0v) is 13.6. The molecule has 0 radical (unpaired) electrons. The minimum absolute atomic E-state index is 0.186. The van der Waals surface area contributed by atoms with E-state index in [1.54, 1.807) is 19.2 Å². The van der Waals surface area contributed by atoms with Crippen LogP contribution in [0.4, 0.5) is 0 Å². The molecule has 1 aliphatic carbocycles. The zero-order valence-electron chi connectivity index (χ0n) is 12.0. The lowest BCUT2D eigenvalue weighted by atomic mass is 10.2. The van der Waals surface area contributed by atoms with Crippen LogP contribution in [0.5, 0.6) is 0 Å². The highest BCUT2D eigenvalue weighted by molar-refractivity contribution is 7.89. The van der Waals surface area contributed by atoms with Gasteiger partial charge in [-0.05, 0) is 37.5 Å². The lowest BCUT2D eigenvalue weighted by molar-refractivity contribution is 0.0855. The Morgan fingerprint density at radius 3 is 2.86 bits per heavy atom. The van der Waals surface area contributed by atoms with Crippen LogP contribution in [-0.2, 0) is 14.8 Å². The van der Waals surface area contributed by atoms with E-state index < -0.39 is 10.0 Å². The van der Waals surface area contributed by atoms with Gasteiger partial charge in [-0.3, -0.25) is 0 Å². The molecule has 118 valence electrons. The van der Waals surface area contributed by atoms with Crippen molar-refractivity contribution < 1.29 is 13.2 Å². The fourth-order valence-electron chi connectivity index (χ4n) is 2.60. The molecule has 0 heterocycles. The van der Waals surface area contributed by atoms with Crippen molar-refractivity contribution in [2.45, 2.75) is 36.3 Å². The summed E-state index contributed by atoms with van der Waals surface area (Å²) in [6.45, 7) is 0.909. The molecule has 0 bridgehead atoms. The molecule has 1 saturated carbocycles. The lowest BCUT2D eigenvalue weighted by Gasteiger charge is -2.19. The summed E-state index contributed by atoms with van der Waals surface area (Å²) >= 11 is 5.81. The first kappa shape index (κ1) is 16.7. The van der Waals surface area contributed by atoms with Crippen LogP contribution in [0.3, 0.4) is 0 Å². The maximum absolute atomic E-state index is 12.1. The van der Waals surface area contributed by atoms with Crippen LogP contribution in [0.2, 0.25) is 5.02 Å². The van der Waals surface area contributed by atoms with E-state index in [-0.39, 0.29) is 11.0 Å². The third-order valence-corrected chi connectivity index (χ3v) is 5.38. The quantitative estimate of drug-likeness (QED) is 0.747. The van der Waals surface area contributed by atoms with E-state index in [0.717, 1.165) is 19.3 Å². The van der Waals surface area contributed by atoms with E-state index in [9.17, 15) is 8.42 Å². The molecule has 7 heteroatoms. The van der Waals surface area contributed by atoms with Crippen LogP contribution in [0.25, 0.3) is 0 Å². The van der Waals surface area contributed by atoms with Crippen molar-refractivity contribution in [3.05, 3.63) is 29.3 Å². The number of benzene rings is 1. The smallest absolute Gasteiger partial charge is 0.240 e. The van der Waals surface area contributed by atoms with Crippen LogP contribution < -0.4 is 10.0 Å².